The number of allylic oxidation sites excluding steroid dienone is 7. The lowest BCUT2D eigenvalue weighted by Gasteiger charge is -2.27. The molecule has 482 valence electrons. The maximum absolute atomic E-state index is 13.6. The van der Waals surface area contributed by atoms with Gasteiger partial charge in [0.15, 0.2) is 0 Å². The summed E-state index contributed by atoms with van der Waals surface area (Å²) in [6.07, 6.45) is 78.4. The summed E-state index contributed by atoms with van der Waals surface area (Å²) in [5, 5.41) is 3.07. The molecular weight excluding hydrogens is 1040 g/mol. The van der Waals surface area contributed by atoms with E-state index in [1.807, 2.05) is 33.3 Å². The molecule has 0 rings (SSSR count). The monoisotopic (exact) mass is 1170 g/mol. The third-order valence-corrected chi connectivity index (χ3v) is 17.0. The Bertz CT molecular complexity index is 1540. The van der Waals surface area contributed by atoms with E-state index < -0.39 is 20.0 Å². The number of nitrogens with one attached hydrogen (secondary N) is 1. The summed E-state index contributed by atoms with van der Waals surface area (Å²) < 4.78 is 30.8. The number of carbonyl (C=O) groups excluding carboxylic acids is 2. The third kappa shape index (κ3) is 62.5. The van der Waals surface area contributed by atoms with Crippen LogP contribution in [0.2, 0.25) is 0 Å². The number of carbonyl (C=O) groups is 2. The second kappa shape index (κ2) is 62.0. The van der Waals surface area contributed by atoms with Gasteiger partial charge < -0.3 is 19.4 Å². The quantitative estimate of drug-likeness (QED) is 0.0205. The van der Waals surface area contributed by atoms with Gasteiger partial charge in [-0.05, 0) is 70.3 Å². The van der Waals surface area contributed by atoms with Gasteiger partial charge in [0.05, 0.1) is 33.8 Å². The summed E-state index contributed by atoms with van der Waals surface area (Å²) in [4.78, 5) is 37.9. The highest BCUT2D eigenvalue weighted by molar-refractivity contribution is 7.47. The van der Waals surface area contributed by atoms with E-state index in [4.69, 9.17) is 13.8 Å². The molecule has 10 heteroatoms. The highest BCUT2D eigenvalue weighted by atomic mass is 31.2. The largest absolute Gasteiger partial charge is 0.472 e. The summed E-state index contributed by atoms with van der Waals surface area (Å²) in [5.41, 5.74) is 0. The summed E-state index contributed by atoms with van der Waals surface area (Å²) in [5.74, 6) is -0.504. The van der Waals surface area contributed by atoms with Gasteiger partial charge in [-0.15, -0.1) is 0 Å². The first-order chi connectivity index (χ1) is 39.9. The molecular formula is C72H138N2O7P+. The van der Waals surface area contributed by atoms with E-state index in [0.29, 0.717) is 17.4 Å². The smallest absolute Gasteiger partial charge is 0.456 e. The van der Waals surface area contributed by atoms with Gasteiger partial charge in [0.2, 0.25) is 5.91 Å². The maximum atomic E-state index is 13.6. The summed E-state index contributed by atoms with van der Waals surface area (Å²) in [7, 11) is 1.50. The normalized spacial score (nSPS) is 13.8. The van der Waals surface area contributed by atoms with E-state index in [0.717, 1.165) is 83.5 Å². The third-order valence-electron chi connectivity index (χ3n) is 16.0. The van der Waals surface area contributed by atoms with Crippen molar-refractivity contribution in [1.29, 1.82) is 0 Å². The SMILES string of the molecule is CCCCC/C=C\C/C=C\C/C=C\CCCCCCCCC(=O)OC(/C=C/CCCCCCCCCCCC)C(COP(=O)(O)OCC[N+](C)(C)C)NC(=O)CCCCCCCCCCCCCCCCCCCCCCCCCCC. The molecule has 82 heavy (non-hydrogen) atoms. The number of esters is 1. The minimum Gasteiger partial charge on any atom is -0.456 e. The Morgan fingerprint density at radius 1 is 0.427 bits per heavy atom. The van der Waals surface area contributed by atoms with Crippen molar-refractivity contribution >= 4 is 19.7 Å². The number of hydrogen-bond donors (Lipinski definition) is 2. The molecule has 3 unspecified atom stereocenters. The molecule has 0 fully saturated rings. The maximum Gasteiger partial charge on any atom is 0.472 e. The zero-order valence-electron chi connectivity index (χ0n) is 55.2. The predicted octanol–water partition coefficient (Wildman–Crippen LogP) is 22.4. The average Bonchev–Trinajstić information content (AvgIpc) is 3.44. The minimum atomic E-state index is -4.45. The number of ether oxygens (including phenoxy) is 1. The van der Waals surface area contributed by atoms with Gasteiger partial charge >= 0.3 is 13.8 Å². The number of rotatable bonds is 65. The topological polar surface area (TPSA) is 111 Å². The summed E-state index contributed by atoms with van der Waals surface area (Å²) >= 11 is 0. The molecule has 0 saturated carbocycles. The van der Waals surface area contributed by atoms with E-state index in [2.05, 4.69) is 62.5 Å². The van der Waals surface area contributed by atoms with Crippen LogP contribution in [0.3, 0.4) is 0 Å². The number of phosphoric acid groups is 1. The standard InChI is InChI=1S/C72H137N2O7P/c1-7-10-13-16-19-22-25-28-30-32-34-35-36-37-38-39-41-42-44-46-49-52-55-58-61-64-71(75)73-69(68-80-82(77,78)79-67-66-74(4,5)6)70(63-60-57-54-51-48-27-24-21-18-15-12-9-3)81-72(76)65-62-59-56-53-50-47-45-43-40-33-31-29-26-23-20-17-14-11-8-2/h20,23,29,31,40,43,60,63,69-70H,7-19,21-22,24-28,30,32-39,41-42,44-59,61-62,64-68H2,1-6H3,(H-,73,75,77,78)/p+1/b23-20-,31-29-,43-40-,63-60+. The summed E-state index contributed by atoms with van der Waals surface area (Å²) in [6.45, 7) is 7.03. The number of hydrogen-bond acceptors (Lipinski definition) is 6. The second-order valence-corrected chi connectivity index (χ2v) is 26.9. The molecule has 1 amide bonds. The van der Waals surface area contributed by atoms with E-state index in [1.54, 1.807) is 0 Å². The van der Waals surface area contributed by atoms with Gasteiger partial charge in [0.1, 0.15) is 19.3 Å². The number of nitrogens with zero attached hydrogens (tertiary/aromatic N) is 1. The molecule has 0 aromatic rings. The lowest BCUT2D eigenvalue weighted by Crippen LogP contribution is -2.47. The van der Waals surface area contributed by atoms with E-state index in [1.165, 1.54) is 231 Å². The molecule has 0 aliphatic heterocycles. The Labute approximate surface area is 509 Å². The molecule has 0 aliphatic carbocycles. The van der Waals surface area contributed by atoms with Crippen LogP contribution in [-0.2, 0) is 27.9 Å². The first-order valence-electron chi connectivity index (χ1n) is 35.5. The molecule has 0 spiro atoms. The fourth-order valence-corrected chi connectivity index (χ4v) is 11.3. The fraction of sp³-hybridized carbons (Fsp3) is 0.861. The summed E-state index contributed by atoms with van der Waals surface area (Å²) in [6, 6.07) is -0.852. The molecule has 3 atom stereocenters. The van der Waals surface area contributed by atoms with Crippen LogP contribution in [0.5, 0.6) is 0 Å². The van der Waals surface area contributed by atoms with Gasteiger partial charge in [0, 0.05) is 12.8 Å². The molecule has 0 bridgehead atoms. The van der Waals surface area contributed by atoms with Gasteiger partial charge in [-0.2, -0.15) is 0 Å². The van der Waals surface area contributed by atoms with Crippen molar-refractivity contribution < 1.29 is 37.3 Å². The Morgan fingerprint density at radius 2 is 0.744 bits per heavy atom. The van der Waals surface area contributed by atoms with Crippen LogP contribution in [0.25, 0.3) is 0 Å². The van der Waals surface area contributed by atoms with Crippen LogP contribution in [0, 0.1) is 0 Å². The van der Waals surface area contributed by atoms with Gasteiger partial charge in [-0.3, -0.25) is 18.6 Å². The van der Waals surface area contributed by atoms with Crippen LogP contribution in [0.15, 0.2) is 48.6 Å². The number of unbranched alkanes of at least 4 members (excludes halogenated alkanes) is 43. The van der Waals surface area contributed by atoms with Crippen LogP contribution in [0.1, 0.15) is 348 Å². The zero-order valence-corrected chi connectivity index (χ0v) is 56.1. The van der Waals surface area contributed by atoms with Gasteiger partial charge in [-0.25, -0.2) is 4.57 Å². The van der Waals surface area contributed by atoms with Crippen LogP contribution in [0.4, 0.5) is 0 Å². The van der Waals surface area contributed by atoms with Crippen molar-refractivity contribution in [1.82, 2.24) is 5.32 Å². The van der Waals surface area contributed by atoms with Crippen molar-refractivity contribution in [3.63, 3.8) is 0 Å². The number of amides is 1. The lowest BCUT2D eigenvalue weighted by atomic mass is 10.0. The van der Waals surface area contributed by atoms with Crippen molar-refractivity contribution in [2.75, 3.05) is 40.9 Å². The van der Waals surface area contributed by atoms with Crippen molar-refractivity contribution in [3.05, 3.63) is 48.6 Å². The highest BCUT2D eigenvalue weighted by Crippen LogP contribution is 2.43. The predicted molar refractivity (Wildman–Crippen MR) is 355 cm³/mol. The van der Waals surface area contributed by atoms with E-state index >= 15 is 0 Å². The Kier molecular flexibility index (Phi) is 60.5. The van der Waals surface area contributed by atoms with Gasteiger partial charge in [0.25, 0.3) is 0 Å². The zero-order chi connectivity index (χ0) is 60.0. The van der Waals surface area contributed by atoms with Crippen molar-refractivity contribution in [2.45, 2.75) is 360 Å². The van der Waals surface area contributed by atoms with E-state index in [-0.39, 0.29) is 31.5 Å². The Balaban J connectivity index is 5.05. The molecule has 0 saturated heterocycles. The fourth-order valence-electron chi connectivity index (χ4n) is 10.5. The van der Waals surface area contributed by atoms with Crippen molar-refractivity contribution in [2.24, 2.45) is 0 Å². The molecule has 0 radical (unpaired) electrons. The van der Waals surface area contributed by atoms with Crippen LogP contribution < -0.4 is 5.32 Å². The first kappa shape index (κ1) is 80.0. The van der Waals surface area contributed by atoms with Crippen molar-refractivity contribution in [3.8, 4) is 0 Å². The molecule has 0 aromatic heterocycles. The number of phosphoric ester groups is 1. The number of quaternary nitrogens is 1. The highest BCUT2D eigenvalue weighted by Gasteiger charge is 2.30. The molecule has 2 N–H and O–H groups in total. The lowest BCUT2D eigenvalue weighted by molar-refractivity contribution is -0.870. The molecule has 0 heterocycles. The average molecular weight is 1170 g/mol. The Hall–Kier alpha value is -2.03. The van der Waals surface area contributed by atoms with Crippen LogP contribution in [-0.4, -0.2) is 74.3 Å². The number of likely N-dealkylation sites (N-methyl/N-ethyl adjacent to an activating group) is 1. The van der Waals surface area contributed by atoms with Crippen LogP contribution >= 0.6 is 7.82 Å². The molecule has 9 nitrogen and oxygen atoms in total. The van der Waals surface area contributed by atoms with Gasteiger partial charge in [-0.1, -0.05) is 314 Å². The van der Waals surface area contributed by atoms with E-state index in [9.17, 15) is 19.0 Å². The molecule has 0 aliphatic rings. The second-order valence-electron chi connectivity index (χ2n) is 25.4. The molecule has 0 aromatic carbocycles. The minimum absolute atomic E-state index is 0.0394. The first-order valence-corrected chi connectivity index (χ1v) is 37.0. The Morgan fingerprint density at radius 3 is 1.13 bits per heavy atom.